The number of hydrazine groups is 1. The van der Waals surface area contributed by atoms with Gasteiger partial charge < -0.3 is 0 Å². The van der Waals surface area contributed by atoms with E-state index in [1.807, 2.05) is 6.92 Å². The molecule has 0 unspecified atom stereocenters. The molecule has 1 fully saturated rings. The Bertz CT molecular complexity index is 312. The number of rotatable bonds is 7. The fourth-order valence-electron chi connectivity index (χ4n) is 2.04. The molecule has 0 aliphatic carbocycles. The van der Waals surface area contributed by atoms with Crippen LogP contribution >= 0.6 is 0 Å². The quantitative estimate of drug-likeness (QED) is 0.515. The number of carbonyl (C=O) groups excluding carboxylic acids is 3. The van der Waals surface area contributed by atoms with Gasteiger partial charge in [0.1, 0.15) is 0 Å². The van der Waals surface area contributed by atoms with Gasteiger partial charge in [-0.2, -0.15) is 5.01 Å². The van der Waals surface area contributed by atoms with E-state index in [1.165, 1.54) is 5.01 Å². The molecule has 0 aromatic heterocycles. The molecule has 0 bridgehead atoms. The van der Waals surface area contributed by atoms with Crippen LogP contribution in [0.3, 0.4) is 0 Å². The van der Waals surface area contributed by atoms with Crippen molar-refractivity contribution in [3.8, 4) is 0 Å². The molecule has 102 valence electrons. The van der Waals surface area contributed by atoms with Crippen molar-refractivity contribution in [2.45, 2.75) is 58.8 Å². The van der Waals surface area contributed by atoms with Crippen molar-refractivity contribution >= 4 is 17.7 Å². The monoisotopic (exact) mass is 254 g/mol. The van der Waals surface area contributed by atoms with Gasteiger partial charge in [0.25, 0.3) is 0 Å². The van der Waals surface area contributed by atoms with Crippen molar-refractivity contribution in [3.05, 3.63) is 0 Å². The second kappa shape index (κ2) is 7.13. The SMILES string of the molecule is CCCCCC(=O)N(CCC)N1C(=O)CCC1=O. The number of nitrogens with zero attached hydrogens (tertiary/aromatic N) is 2. The van der Waals surface area contributed by atoms with Crippen LogP contribution in [0.1, 0.15) is 58.8 Å². The molecule has 0 aromatic carbocycles. The van der Waals surface area contributed by atoms with E-state index < -0.39 is 0 Å². The Morgan fingerprint density at radius 1 is 1.11 bits per heavy atom. The molecule has 3 amide bonds. The number of hydrogen-bond donors (Lipinski definition) is 0. The van der Waals surface area contributed by atoms with Gasteiger partial charge in [0, 0.05) is 25.8 Å². The number of carbonyl (C=O) groups is 3. The summed E-state index contributed by atoms with van der Waals surface area (Å²) < 4.78 is 0. The second-order valence-corrected chi connectivity index (χ2v) is 4.57. The summed E-state index contributed by atoms with van der Waals surface area (Å²) in [6.07, 6.45) is 4.44. The predicted octanol–water partition coefficient (Wildman–Crippen LogP) is 1.87. The molecule has 0 saturated carbocycles. The fraction of sp³-hybridized carbons (Fsp3) is 0.769. The Morgan fingerprint density at radius 3 is 2.22 bits per heavy atom. The van der Waals surface area contributed by atoms with Crippen molar-refractivity contribution < 1.29 is 14.4 Å². The van der Waals surface area contributed by atoms with E-state index in [9.17, 15) is 14.4 Å². The maximum absolute atomic E-state index is 12.1. The van der Waals surface area contributed by atoms with Crippen LogP contribution in [0.5, 0.6) is 0 Å². The van der Waals surface area contributed by atoms with Crippen LogP contribution in [0.2, 0.25) is 0 Å². The zero-order chi connectivity index (χ0) is 13.5. The van der Waals surface area contributed by atoms with Crippen molar-refractivity contribution in [2.75, 3.05) is 6.54 Å². The van der Waals surface area contributed by atoms with E-state index in [0.717, 1.165) is 30.7 Å². The van der Waals surface area contributed by atoms with Gasteiger partial charge in [-0.15, -0.1) is 0 Å². The van der Waals surface area contributed by atoms with Gasteiger partial charge in [-0.3, -0.25) is 14.4 Å². The van der Waals surface area contributed by atoms with Gasteiger partial charge in [0.05, 0.1) is 0 Å². The molecule has 18 heavy (non-hydrogen) atoms. The minimum absolute atomic E-state index is 0.117. The van der Waals surface area contributed by atoms with E-state index in [0.29, 0.717) is 13.0 Å². The number of hydrogen-bond acceptors (Lipinski definition) is 3. The summed E-state index contributed by atoms with van der Waals surface area (Å²) >= 11 is 0. The zero-order valence-electron chi connectivity index (χ0n) is 11.3. The summed E-state index contributed by atoms with van der Waals surface area (Å²) in [5, 5.41) is 2.39. The molecule has 5 heteroatoms. The normalized spacial score (nSPS) is 15.3. The van der Waals surface area contributed by atoms with Crippen molar-refractivity contribution in [2.24, 2.45) is 0 Å². The first kappa shape index (κ1) is 14.7. The van der Waals surface area contributed by atoms with Crippen LogP contribution in [0.15, 0.2) is 0 Å². The zero-order valence-corrected chi connectivity index (χ0v) is 11.3. The smallest absolute Gasteiger partial charge is 0.248 e. The molecule has 1 heterocycles. The van der Waals surface area contributed by atoms with E-state index in [-0.39, 0.29) is 30.6 Å². The third-order valence-corrected chi connectivity index (χ3v) is 2.98. The highest BCUT2D eigenvalue weighted by Gasteiger charge is 2.35. The molecule has 1 aliphatic heterocycles. The molecular weight excluding hydrogens is 232 g/mol. The van der Waals surface area contributed by atoms with E-state index in [1.54, 1.807) is 0 Å². The lowest BCUT2D eigenvalue weighted by atomic mass is 10.2. The Labute approximate surface area is 108 Å². The molecule has 0 spiro atoms. The number of imide groups is 1. The topological polar surface area (TPSA) is 57.7 Å². The Kier molecular flexibility index (Phi) is 5.82. The first-order valence-corrected chi connectivity index (χ1v) is 6.77. The van der Waals surface area contributed by atoms with Gasteiger partial charge >= 0.3 is 0 Å². The van der Waals surface area contributed by atoms with Gasteiger partial charge in [-0.25, -0.2) is 5.01 Å². The van der Waals surface area contributed by atoms with Crippen LogP contribution in [-0.4, -0.2) is 34.3 Å². The lowest BCUT2D eigenvalue weighted by Crippen LogP contribution is -2.49. The van der Waals surface area contributed by atoms with E-state index in [4.69, 9.17) is 0 Å². The van der Waals surface area contributed by atoms with Crippen LogP contribution in [0, 0.1) is 0 Å². The fourth-order valence-corrected chi connectivity index (χ4v) is 2.04. The van der Waals surface area contributed by atoms with Gasteiger partial charge in [-0.1, -0.05) is 26.7 Å². The first-order valence-electron chi connectivity index (χ1n) is 6.77. The average Bonchev–Trinajstić information content (AvgIpc) is 2.67. The molecular formula is C13H22N2O3. The highest BCUT2D eigenvalue weighted by molar-refractivity contribution is 6.03. The standard InChI is InChI=1S/C13H22N2O3/c1-3-5-6-7-11(16)14(10-4-2)15-12(17)8-9-13(15)18/h3-10H2,1-2H3. The van der Waals surface area contributed by atoms with Crippen LogP contribution in [0.4, 0.5) is 0 Å². The van der Waals surface area contributed by atoms with Crippen molar-refractivity contribution in [3.63, 3.8) is 0 Å². The van der Waals surface area contributed by atoms with E-state index in [2.05, 4.69) is 6.92 Å². The largest absolute Gasteiger partial charge is 0.273 e. The molecule has 0 aromatic rings. The molecule has 5 nitrogen and oxygen atoms in total. The summed E-state index contributed by atoms with van der Waals surface area (Å²) in [5.74, 6) is -0.622. The molecule has 0 atom stereocenters. The van der Waals surface area contributed by atoms with Crippen molar-refractivity contribution in [1.82, 2.24) is 10.0 Å². The maximum Gasteiger partial charge on any atom is 0.248 e. The summed E-state index contributed by atoms with van der Waals surface area (Å²) in [5.41, 5.74) is 0. The lowest BCUT2D eigenvalue weighted by Gasteiger charge is -2.29. The molecule has 0 radical (unpaired) electrons. The van der Waals surface area contributed by atoms with Gasteiger partial charge in [0.2, 0.25) is 17.7 Å². The summed E-state index contributed by atoms with van der Waals surface area (Å²) in [6.45, 7) is 4.43. The Hall–Kier alpha value is -1.39. The Balaban J connectivity index is 2.66. The predicted molar refractivity (Wildman–Crippen MR) is 67.2 cm³/mol. The highest BCUT2D eigenvalue weighted by atomic mass is 16.2. The van der Waals surface area contributed by atoms with Gasteiger partial charge in [-0.05, 0) is 12.8 Å². The second-order valence-electron chi connectivity index (χ2n) is 4.57. The molecule has 0 N–H and O–H groups in total. The van der Waals surface area contributed by atoms with E-state index >= 15 is 0 Å². The highest BCUT2D eigenvalue weighted by Crippen LogP contribution is 2.17. The summed E-state index contributed by atoms with van der Waals surface area (Å²) in [4.78, 5) is 35.4. The first-order chi connectivity index (χ1) is 8.61. The molecule has 1 rings (SSSR count). The minimum Gasteiger partial charge on any atom is -0.273 e. The van der Waals surface area contributed by atoms with Gasteiger partial charge in [0.15, 0.2) is 0 Å². The van der Waals surface area contributed by atoms with Crippen LogP contribution < -0.4 is 0 Å². The Morgan fingerprint density at radius 2 is 1.72 bits per heavy atom. The van der Waals surface area contributed by atoms with Crippen LogP contribution in [-0.2, 0) is 14.4 Å². The summed E-state index contributed by atoms with van der Waals surface area (Å²) in [7, 11) is 0. The summed E-state index contributed by atoms with van der Waals surface area (Å²) in [6, 6.07) is 0. The molecule has 1 aliphatic rings. The van der Waals surface area contributed by atoms with Crippen molar-refractivity contribution in [1.29, 1.82) is 0 Å². The average molecular weight is 254 g/mol. The molecule has 1 saturated heterocycles. The maximum atomic E-state index is 12.1. The third-order valence-electron chi connectivity index (χ3n) is 2.98. The van der Waals surface area contributed by atoms with Crippen LogP contribution in [0.25, 0.3) is 0 Å². The number of amides is 3. The lowest BCUT2D eigenvalue weighted by molar-refractivity contribution is -0.168. The number of unbranched alkanes of at least 4 members (excludes halogenated alkanes) is 2. The third kappa shape index (κ3) is 3.55. The minimum atomic E-state index is -0.253.